The van der Waals surface area contributed by atoms with Gasteiger partial charge < -0.3 is 5.21 Å². The van der Waals surface area contributed by atoms with Gasteiger partial charge in [-0.2, -0.15) is 4.73 Å². The van der Waals surface area contributed by atoms with E-state index in [1.807, 2.05) is 18.2 Å². The number of aromatic nitrogens is 1. The Morgan fingerprint density at radius 1 is 1.06 bits per heavy atom. The third-order valence-corrected chi connectivity index (χ3v) is 3.91. The van der Waals surface area contributed by atoms with E-state index in [2.05, 4.69) is 13.0 Å². The highest BCUT2D eigenvalue weighted by atomic mass is 16.5. The molecular weight excluding hydrogens is 210 g/mol. The van der Waals surface area contributed by atoms with E-state index in [4.69, 9.17) is 0 Å². The Bertz CT molecular complexity index is 524. The molecular formula is C15H17NO. The summed E-state index contributed by atoms with van der Waals surface area (Å²) >= 11 is 0. The van der Waals surface area contributed by atoms with Crippen LogP contribution in [0.4, 0.5) is 0 Å². The first-order valence-electron chi connectivity index (χ1n) is 6.41. The van der Waals surface area contributed by atoms with Crippen LogP contribution < -0.4 is 4.73 Å². The highest BCUT2D eigenvalue weighted by molar-refractivity contribution is 5.80. The number of fused-ring (bicyclic) bond motifs is 2. The first-order valence-corrected chi connectivity index (χ1v) is 6.41. The van der Waals surface area contributed by atoms with Crippen molar-refractivity contribution in [3.05, 3.63) is 46.3 Å². The molecule has 0 saturated heterocycles. The molecule has 88 valence electrons. The first-order chi connectivity index (χ1) is 8.29. The molecule has 0 N–H and O–H groups in total. The van der Waals surface area contributed by atoms with Crippen molar-refractivity contribution in [2.75, 3.05) is 0 Å². The molecule has 1 heterocycles. The molecule has 0 spiro atoms. The SMILES string of the molecule is Cc1c2c([n+]([O-])c3ccccc13)CCCCC2. The van der Waals surface area contributed by atoms with Crippen LogP contribution in [0.3, 0.4) is 0 Å². The lowest BCUT2D eigenvalue weighted by Gasteiger charge is -2.13. The minimum Gasteiger partial charge on any atom is -0.618 e. The van der Waals surface area contributed by atoms with Crippen LogP contribution >= 0.6 is 0 Å². The van der Waals surface area contributed by atoms with E-state index >= 15 is 0 Å². The number of benzene rings is 1. The molecule has 0 fully saturated rings. The number of rotatable bonds is 0. The van der Waals surface area contributed by atoms with Crippen molar-refractivity contribution in [1.29, 1.82) is 0 Å². The summed E-state index contributed by atoms with van der Waals surface area (Å²) in [7, 11) is 0. The fourth-order valence-corrected chi connectivity index (χ4v) is 2.97. The monoisotopic (exact) mass is 227 g/mol. The summed E-state index contributed by atoms with van der Waals surface area (Å²) in [6.07, 6.45) is 5.60. The third-order valence-electron chi connectivity index (χ3n) is 3.91. The van der Waals surface area contributed by atoms with E-state index < -0.39 is 0 Å². The highest BCUT2D eigenvalue weighted by Gasteiger charge is 2.21. The summed E-state index contributed by atoms with van der Waals surface area (Å²) < 4.78 is 1.17. The zero-order valence-electron chi connectivity index (χ0n) is 10.2. The fourth-order valence-electron chi connectivity index (χ4n) is 2.97. The number of hydrogen-bond acceptors (Lipinski definition) is 1. The van der Waals surface area contributed by atoms with Gasteiger partial charge in [0.25, 0.3) is 0 Å². The second-order valence-electron chi connectivity index (χ2n) is 4.92. The molecule has 2 aromatic rings. The molecule has 3 rings (SSSR count). The minimum atomic E-state index is 0.825. The van der Waals surface area contributed by atoms with Crippen LogP contribution in [-0.2, 0) is 12.8 Å². The van der Waals surface area contributed by atoms with Gasteiger partial charge in [0.15, 0.2) is 5.69 Å². The van der Waals surface area contributed by atoms with E-state index in [1.165, 1.54) is 28.7 Å². The highest BCUT2D eigenvalue weighted by Crippen LogP contribution is 2.26. The van der Waals surface area contributed by atoms with Crippen molar-refractivity contribution in [3.8, 4) is 0 Å². The molecule has 0 atom stereocenters. The van der Waals surface area contributed by atoms with Gasteiger partial charge >= 0.3 is 0 Å². The number of hydrogen-bond donors (Lipinski definition) is 0. The van der Waals surface area contributed by atoms with Gasteiger partial charge in [0.05, 0.1) is 5.39 Å². The molecule has 1 aromatic carbocycles. The van der Waals surface area contributed by atoms with Gasteiger partial charge in [0.2, 0.25) is 5.52 Å². The predicted molar refractivity (Wildman–Crippen MR) is 68.9 cm³/mol. The van der Waals surface area contributed by atoms with Gasteiger partial charge in [-0.05, 0) is 37.8 Å². The van der Waals surface area contributed by atoms with Crippen molar-refractivity contribution in [3.63, 3.8) is 0 Å². The van der Waals surface area contributed by atoms with Crippen molar-refractivity contribution in [1.82, 2.24) is 0 Å². The van der Waals surface area contributed by atoms with Gasteiger partial charge in [0.1, 0.15) is 0 Å². The molecule has 2 heteroatoms. The van der Waals surface area contributed by atoms with Gasteiger partial charge in [0, 0.05) is 18.1 Å². The first kappa shape index (κ1) is 10.6. The lowest BCUT2D eigenvalue weighted by atomic mass is 9.98. The molecule has 1 aromatic heterocycles. The fraction of sp³-hybridized carbons (Fsp3) is 0.400. The summed E-state index contributed by atoms with van der Waals surface area (Å²) in [5, 5.41) is 13.5. The van der Waals surface area contributed by atoms with Gasteiger partial charge in [-0.25, -0.2) is 0 Å². The summed E-state index contributed by atoms with van der Waals surface area (Å²) in [4.78, 5) is 0. The van der Waals surface area contributed by atoms with Gasteiger partial charge in [-0.3, -0.25) is 0 Å². The van der Waals surface area contributed by atoms with Crippen LogP contribution in [-0.4, -0.2) is 0 Å². The smallest absolute Gasteiger partial charge is 0.224 e. The molecule has 0 unspecified atom stereocenters. The summed E-state index contributed by atoms with van der Waals surface area (Å²) in [5.41, 5.74) is 4.45. The van der Waals surface area contributed by atoms with E-state index in [0.717, 1.165) is 35.9 Å². The van der Waals surface area contributed by atoms with Crippen molar-refractivity contribution in [2.24, 2.45) is 0 Å². The van der Waals surface area contributed by atoms with E-state index in [1.54, 1.807) is 0 Å². The van der Waals surface area contributed by atoms with Crippen LogP contribution in [0, 0.1) is 12.1 Å². The Hall–Kier alpha value is -1.57. The Morgan fingerprint density at radius 3 is 2.71 bits per heavy atom. The molecule has 0 aliphatic heterocycles. The van der Waals surface area contributed by atoms with E-state index in [0.29, 0.717) is 0 Å². The van der Waals surface area contributed by atoms with Crippen molar-refractivity contribution in [2.45, 2.75) is 39.0 Å². The van der Waals surface area contributed by atoms with Crippen LogP contribution in [0.2, 0.25) is 0 Å². The summed E-state index contributed by atoms with van der Waals surface area (Å²) in [6, 6.07) is 7.95. The Labute approximate surface area is 101 Å². The Balaban J connectivity index is 2.38. The molecule has 0 radical (unpaired) electrons. The van der Waals surface area contributed by atoms with E-state index in [-0.39, 0.29) is 0 Å². The van der Waals surface area contributed by atoms with Crippen LogP contribution in [0.25, 0.3) is 10.9 Å². The number of pyridine rings is 1. The Morgan fingerprint density at radius 2 is 1.82 bits per heavy atom. The molecule has 2 nitrogen and oxygen atoms in total. The van der Waals surface area contributed by atoms with Crippen LogP contribution in [0.5, 0.6) is 0 Å². The molecule has 1 aliphatic rings. The second kappa shape index (κ2) is 4.02. The summed E-state index contributed by atoms with van der Waals surface area (Å²) in [5.74, 6) is 0. The van der Waals surface area contributed by atoms with Crippen LogP contribution in [0.1, 0.15) is 36.1 Å². The average Bonchev–Trinajstić information content (AvgIpc) is 2.62. The maximum absolute atomic E-state index is 12.4. The maximum Gasteiger partial charge on any atom is 0.224 e. The van der Waals surface area contributed by atoms with Gasteiger partial charge in [-0.15, -0.1) is 0 Å². The Kier molecular flexibility index (Phi) is 2.50. The van der Waals surface area contributed by atoms with Crippen molar-refractivity contribution >= 4 is 10.9 Å². The second-order valence-corrected chi connectivity index (χ2v) is 4.92. The molecule has 1 aliphatic carbocycles. The lowest BCUT2D eigenvalue weighted by Crippen LogP contribution is -2.34. The molecule has 0 bridgehead atoms. The normalized spacial score (nSPS) is 15.6. The minimum absolute atomic E-state index is 0.825. The summed E-state index contributed by atoms with van der Waals surface area (Å²) in [6.45, 7) is 2.16. The average molecular weight is 227 g/mol. The van der Waals surface area contributed by atoms with Crippen molar-refractivity contribution < 1.29 is 4.73 Å². The molecule has 17 heavy (non-hydrogen) atoms. The lowest BCUT2D eigenvalue weighted by molar-refractivity contribution is -0.586. The quantitative estimate of drug-likeness (QED) is 0.386. The van der Waals surface area contributed by atoms with Crippen LogP contribution in [0.15, 0.2) is 24.3 Å². The number of aryl methyl sites for hydroxylation is 1. The molecule has 0 saturated carbocycles. The van der Waals surface area contributed by atoms with E-state index in [9.17, 15) is 5.21 Å². The largest absolute Gasteiger partial charge is 0.618 e. The topological polar surface area (TPSA) is 26.9 Å². The third kappa shape index (κ3) is 1.59. The zero-order valence-corrected chi connectivity index (χ0v) is 10.2. The standard InChI is InChI=1S/C15H17NO/c1-11-12-7-3-2-4-9-14(12)16(17)15-10-6-5-8-13(11)15/h5-6,8,10H,2-4,7,9H2,1H3. The maximum atomic E-state index is 12.4. The number of nitrogens with zero attached hydrogens (tertiary/aromatic N) is 1. The van der Waals surface area contributed by atoms with Gasteiger partial charge in [-0.1, -0.05) is 18.6 Å². The predicted octanol–water partition coefficient (Wildman–Crippen LogP) is 3.05. The number of para-hydroxylation sites is 1. The zero-order chi connectivity index (χ0) is 11.8. The molecule has 0 amide bonds.